The predicted molar refractivity (Wildman–Crippen MR) is 77.6 cm³/mol. The SMILES string of the molecule is COc1cnc2c(c1)C(C)C1(CCC=C(C)CC1)C2. The molecule has 2 aliphatic carbocycles. The molecule has 0 saturated heterocycles. The van der Waals surface area contributed by atoms with Crippen molar-refractivity contribution in [2.24, 2.45) is 5.41 Å². The van der Waals surface area contributed by atoms with Gasteiger partial charge in [0.1, 0.15) is 5.75 Å². The monoisotopic (exact) mass is 257 g/mol. The van der Waals surface area contributed by atoms with Gasteiger partial charge in [0.2, 0.25) is 0 Å². The maximum Gasteiger partial charge on any atom is 0.137 e. The molecule has 0 N–H and O–H groups in total. The van der Waals surface area contributed by atoms with Crippen LogP contribution in [0.5, 0.6) is 5.75 Å². The number of allylic oxidation sites excluding steroid dienone is 2. The van der Waals surface area contributed by atoms with Crippen molar-refractivity contribution >= 4 is 0 Å². The molecule has 1 heterocycles. The van der Waals surface area contributed by atoms with Gasteiger partial charge in [-0.1, -0.05) is 18.6 Å². The van der Waals surface area contributed by atoms with E-state index in [0.717, 1.165) is 12.2 Å². The van der Waals surface area contributed by atoms with Crippen LogP contribution in [0.15, 0.2) is 23.9 Å². The van der Waals surface area contributed by atoms with Crippen molar-refractivity contribution in [1.82, 2.24) is 4.98 Å². The number of hydrogen-bond acceptors (Lipinski definition) is 2. The third-order valence-electron chi connectivity index (χ3n) is 5.27. The molecule has 19 heavy (non-hydrogen) atoms. The van der Waals surface area contributed by atoms with Gasteiger partial charge in [-0.15, -0.1) is 0 Å². The van der Waals surface area contributed by atoms with Gasteiger partial charge in [0.05, 0.1) is 13.3 Å². The first-order valence-corrected chi connectivity index (χ1v) is 7.33. The van der Waals surface area contributed by atoms with Crippen molar-refractivity contribution in [2.45, 2.75) is 51.9 Å². The Morgan fingerprint density at radius 1 is 1.37 bits per heavy atom. The Hall–Kier alpha value is -1.31. The molecule has 1 spiro atoms. The van der Waals surface area contributed by atoms with Gasteiger partial charge >= 0.3 is 0 Å². The normalized spacial score (nSPS) is 29.8. The number of fused-ring (bicyclic) bond motifs is 1. The second-order valence-electron chi connectivity index (χ2n) is 6.26. The summed E-state index contributed by atoms with van der Waals surface area (Å²) >= 11 is 0. The van der Waals surface area contributed by atoms with Crippen LogP contribution in [0, 0.1) is 5.41 Å². The Morgan fingerprint density at radius 2 is 2.21 bits per heavy atom. The minimum atomic E-state index is 0.427. The molecule has 1 aromatic heterocycles. The van der Waals surface area contributed by atoms with Crippen LogP contribution in [0.3, 0.4) is 0 Å². The average Bonchev–Trinajstić information content (AvgIpc) is 2.56. The summed E-state index contributed by atoms with van der Waals surface area (Å²) in [7, 11) is 1.72. The highest BCUT2D eigenvalue weighted by atomic mass is 16.5. The minimum absolute atomic E-state index is 0.427. The third-order valence-corrected chi connectivity index (χ3v) is 5.27. The minimum Gasteiger partial charge on any atom is -0.495 e. The van der Waals surface area contributed by atoms with Gasteiger partial charge in [0.25, 0.3) is 0 Å². The van der Waals surface area contributed by atoms with Gasteiger partial charge in [-0.25, -0.2) is 0 Å². The lowest BCUT2D eigenvalue weighted by atomic mass is 9.71. The number of rotatable bonds is 1. The third kappa shape index (κ3) is 2.07. The maximum atomic E-state index is 5.33. The molecule has 0 amide bonds. The van der Waals surface area contributed by atoms with Crippen molar-refractivity contribution in [3.8, 4) is 5.75 Å². The van der Waals surface area contributed by atoms with E-state index in [9.17, 15) is 0 Å². The number of hydrogen-bond donors (Lipinski definition) is 0. The van der Waals surface area contributed by atoms with E-state index in [-0.39, 0.29) is 0 Å². The number of aromatic nitrogens is 1. The number of methoxy groups -OCH3 is 1. The summed E-state index contributed by atoms with van der Waals surface area (Å²) in [6.45, 7) is 4.65. The average molecular weight is 257 g/mol. The molecular weight excluding hydrogens is 234 g/mol. The van der Waals surface area contributed by atoms with Gasteiger partial charge in [-0.2, -0.15) is 0 Å². The van der Waals surface area contributed by atoms with Crippen molar-refractivity contribution in [3.05, 3.63) is 35.2 Å². The van der Waals surface area contributed by atoms with E-state index < -0.39 is 0 Å². The molecule has 2 atom stereocenters. The van der Waals surface area contributed by atoms with E-state index in [4.69, 9.17) is 4.74 Å². The van der Waals surface area contributed by atoms with Gasteiger partial charge in [-0.3, -0.25) is 4.98 Å². The van der Waals surface area contributed by atoms with Crippen molar-refractivity contribution in [3.63, 3.8) is 0 Å². The highest BCUT2D eigenvalue weighted by Gasteiger charge is 2.44. The Balaban J connectivity index is 1.92. The molecule has 2 heteroatoms. The van der Waals surface area contributed by atoms with Gasteiger partial charge < -0.3 is 4.74 Å². The van der Waals surface area contributed by atoms with Crippen LogP contribution in [-0.2, 0) is 6.42 Å². The second kappa shape index (κ2) is 4.66. The second-order valence-corrected chi connectivity index (χ2v) is 6.26. The standard InChI is InChI=1S/C17H23NO/c1-12-5-4-7-17(8-6-12)10-16-15(13(17)2)9-14(19-3)11-18-16/h5,9,11,13H,4,6-8,10H2,1-3H3. The van der Waals surface area contributed by atoms with Crippen LogP contribution in [0.4, 0.5) is 0 Å². The first kappa shape index (κ1) is 12.7. The molecular formula is C17H23NO. The fraction of sp³-hybridized carbons (Fsp3) is 0.588. The van der Waals surface area contributed by atoms with Crippen LogP contribution < -0.4 is 4.74 Å². The Morgan fingerprint density at radius 3 is 3.00 bits per heavy atom. The molecule has 0 aliphatic heterocycles. The molecule has 0 fully saturated rings. The van der Waals surface area contributed by atoms with Crippen LogP contribution in [0.25, 0.3) is 0 Å². The molecule has 0 aromatic carbocycles. The summed E-state index contributed by atoms with van der Waals surface area (Å²) < 4.78 is 5.33. The van der Waals surface area contributed by atoms with Gasteiger partial charge in [0.15, 0.2) is 0 Å². The predicted octanol–water partition coefficient (Wildman–Crippen LogP) is 4.26. The Kier molecular flexibility index (Phi) is 3.12. The fourth-order valence-corrected chi connectivity index (χ4v) is 3.83. The molecule has 2 nitrogen and oxygen atoms in total. The number of nitrogens with zero attached hydrogens (tertiary/aromatic N) is 1. The summed E-state index contributed by atoms with van der Waals surface area (Å²) in [5, 5.41) is 0. The van der Waals surface area contributed by atoms with Gasteiger partial charge in [-0.05, 0) is 62.0 Å². The van der Waals surface area contributed by atoms with E-state index in [1.54, 1.807) is 12.7 Å². The lowest BCUT2D eigenvalue weighted by Gasteiger charge is -2.33. The molecule has 2 unspecified atom stereocenters. The zero-order valence-corrected chi connectivity index (χ0v) is 12.2. The first-order valence-electron chi connectivity index (χ1n) is 7.33. The molecule has 3 rings (SSSR count). The van der Waals surface area contributed by atoms with Crippen LogP contribution >= 0.6 is 0 Å². The molecule has 0 bridgehead atoms. The topological polar surface area (TPSA) is 22.1 Å². The van der Waals surface area contributed by atoms with E-state index in [1.807, 2.05) is 6.20 Å². The Labute approximate surface area is 115 Å². The van der Waals surface area contributed by atoms with Crippen LogP contribution in [-0.4, -0.2) is 12.1 Å². The number of ether oxygens (including phenoxy) is 1. The lowest BCUT2D eigenvalue weighted by Crippen LogP contribution is -2.24. The van der Waals surface area contributed by atoms with E-state index in [1.165, 1.54) is 36.9 Å². The van der Waals surface area contributed by atoms with Crippen LogP contribution in [0.2, 0.25) is 0 Å². The molecule has 2 aliphatic rings. The van der Waals surface area contributed by atoms with E-state index >= 15 is 0 Å². The fourth-order valence-electron chi connectivity index (χ4n) is 3.83. The van der Waals surface area contributed by atoms with Gasteiger partial charge in [0, 0.05) is 5.69 Å². The maximum absolute atomic E-state index is 5.33. The first-order chi connectivity index (χ1) is 9.14. The lowest BCUT2D eigenvalue weighted by molar-refractivity contribution is 0.219. The zero-order valence-electron chi connectivity index (χ0n) is 12.2. The van der Waals surface area contributed by atoms with Crippen molar-refractivity contribution in [2.75, 3.05) is 7.11 Å². The smallest absolute Gasteiger partial charge is 0.137 e. The van der Waals surface area contributed by atoms with Crippen LogP contribution in [0.1, 0.15) is 56.7 Å². The summed E-state index contributed by atoms with van der Waals surface area (Å²) in [5.41, 5.74) is 4.70. The van der Waals surface area contributed by atoms with Crippen molar-refractivity contribution < 1.29 is 4.74 Å². The number of pyridine rings is 1. The summed E-state index contributed by atoms with van der Waals surface area (Å²) in [4.78, 5) is 4.64. The molecule has 0 saturated carbocycles. The quantitative estimate of drug-likeness (QED) is 0.701. The molecule has 0 radical (unpaired) electrons. The Bertz CT molecular complexity index is 520. The largest absolute Gasteiger partial charge is 0.495 e. The summed E-state index contributed by atoms with van der Waals surface area (Å²) in [5.74, 6) is 1.50. The molecule has 102 valence electrons. The highest BCUT2D eigenvalue weighted by Crippen LogP contribution is 2.54. The van der Waals surface area contributed by atoms with E-state index in [0.29, 0.717) is 11.3 Å². The summed E-state index contributed by atoms with van der Waals surface area (Å²) in [6, 6.07) is 2.20. The highest BCUT2D eigenvalue weighted by molar-refractivity contribution is 5.38. The van der Waals surface area contributed by atoms with E-state index in [2.05, 4.69) is 31.0 Å². The van der Waals surface area contributed by atoms with Crippen molar-refractivity contribution in [1.29, 1.82) is 0 Å². The molecule has 1 aromatic rings. The summed E-state index contributed by atoms with van der Waals surface area (Å²) in [6.07, 6.45) is 10.5. The zero-order chi connectivity index (χ0) is 13.5.